The Morgan fingerprint density at radius 1 is 0.941 bits per heavy atom. The van der Waals surface area contributed by atoms with E-state index in [9.17, 15) is 0 Å². The number of hydrogen-bond acceptors (Lipinski definition) is 1. The first-order valence-corrected chi connectivity index (χ1v) is 6.29. The van der Waals surface area contributed by atoms with Crippen LogP contribution in [0.2, 0.25) is 0 Å². The largest absolute Gasteiger partial charge is 0.496 e. The van der Waals surface area contributed by atoms with Crippen LogP contribution in [0.25, 0.3) is 10.8 Å². The smallest absolute Gasteiger partial charge is 0.130 e. The van der Waals surface area contributed by atoms with E-state index in [4.69, 9.17) is 4.74 Å². The molecule has 92 valence electrons. The molecule has 2 rings (SSSR count). The van der Waals surface area contributed by atoms with Crippen LogP contribution in [0.3, 0.4) is 0 Å². The minimum Gasteiger partial charge on any atom is -0.496 e. The van der Waals surface area contributed by atoms with Crippen molar-refractivity contribution in [2.24, 2.45) is 0 Å². The Hall–Kier alpha value is -1.50. The van der Waals surface area contributed by atoms with Gasteiger partial charge in [-0.2, -0.15) is 0 Å². The highest BCUT2D eigenvalue weighted by molar-refractivity contribution is 5.89. The number of ether oxygens (including phenoxy) is 1. The molecule has 2 aromatic rings. The van der Waals surface area contributed by atoms with Gasteiger partial charge in [-0.1, -0.05) is 64.1 Å². The van der Waals surface area contributed by atoms with Crippen LogP contribution < -0.4 is 4.74 Å². The van der Waals surface area contributed by atoms with Crippen LogP contribution in [0.1, 0.15) is 39.2 Å². The van der Waals surface area contributed by atoms with E-state index in [-0.39, 0.29) is 0 Å². The molecule has 0 unspecified atom stereocenters. The summed E-state index contributed by atoms with van der Waals surface area (Å²) in [6.45, 7) is 8.37. The molecule has 0 spiro atoms. The Balaban J connectivity index is 0.000000686. The van der Waals surface area contributed by atoms with Crippen molar-refractivity contribution in [3.63, 3.8) is 0 Å². The summed E-state index contributed by atoms with van der Waals surface area (Å²) in [6.07, 6.45) is 0. The number of hydrogen-bond donors (Lipinski definition) is 0. The molecule has 0 saturated heterocycles. The number of fused-ring (bicyclic) bond motifs is 1. The Morgan fingerprint density at radius 2 is 1.59 bits per heavy atom. The second kappa shape index (κ2) is 6.29. The van der Waals surface area contributed by atoms with Crippen LogP contribution in [0.5, 0.6) is 5.75 Å². The van der Waals surface area contributed by atoms with Crippen LogP contribution in [0, 0.1) is 0 Å². The zero-order valence-electron chi connectivity index (χ0n) is 11.4. The SMILES string of the molecule is CC.COc1c(C(C)C)ccc2ccccc12. The molecule has 0 aliphatic heterocycles. The molecule has 17 heavy (non-hydrogen) atoms. The summed E-state index contributed by atoms with van der Waals surface area (Å²) in [5, 5.41) is 2.44. The molecule has 0 aromatic heterocycles. The minimum atomic E-state index is 0.490. The molecule has 1 heteroatoms. The van der Waals surface area contributed by atoms with Gasteiger partial charge in [0.2, 0.25) is 0 Å². The predicted molar refractivity (Wildman–Crippen MR) is 75.9 cm³/mol. The molecule has 0 atom stereocenters. The standard InChI is InChI=1S/C14H16O.C2H6/c1-10(2)12-9-8-11-6-4-5-7-13(11)14(12)15-3;1-2/h4-10H,1-3H3;1-2H3. The van der Waals surface area contributed by atoms with E-state index in [0.29, 0.717) is 5.92 Å². The third-order valence-corrected chi connectivity index (χ3v) is 2.74. The fourth-order valence-corrected chi connectivity index (χ4v) is 1.94. The number of benzene rings is 2. The topological polar surface area (TPSA) is 9.23 Å². The van der Waals surface area contributed by atoms with E-state index >= 15 is 0 Å². The van der Waals surface area contributed by atoms with Crippen molar-refractivity contribution in [3.8, 4) is 5.75 Å². The van der Waals surface area contributed by atoms with E-state index in [1.54, 1.807) is 7.11 Å². The Morgan fingerprint density at radius 3 is 2.18 bits per heavy atom. The fourth-order valence-electron chi connectivity index (χ4n) is 1.94. The Kier molecular flexibility index (Phi) is 5.02. The Bertz CT molecular complexity index is 472. The molecule has 0 N–H and O–H groups in total. The van der Waals surface area contributed by atoms with Gasteiger partial charge < -0.3 is 4.74 Å². The lowest BCUT2D eigenvalue weighted by Crippen LogP contribution is -1.94. The summed E-state index contributed by atoms with van der Waals surface area (Å²) in [6, 6.07) is 12.6. The quantitative estimate of drug-likeness (QED) is 0.705. The molecule has 0 radical (unpaired) electrons. The van der Waals surface area contributed by atoms with E-state index < -0.39 is 0 Å². The highest BCUT2D eigenvalue weighted by Gasteiger charge is 2.10. The number of methoxy groups -OCH3 is 1. The van der Waals surface area contributed by atoms with Crippen molar-refractivity contribution >= 4 is 10.8 Å². The van der Waals surface area contributed by atoms with Gasteiger partial charge in [-0.3, -0.25) is 0 Å². The number of rotatable bonds is 2. The molecule has 1 nitrogen and oxygen atoms in total. The van der Waals surface area contributed by atoms with Crippen LogP contribution in [-0.2, 0) is 0 Å². The molecule has 0 bridgehead atoms. The van der Waals surface area contributed by atoms with E-state index in [2.05, 4.69) is 50.2 Å². The van der Waals surface area contributed by atoms with Crippen LogP contribution >= 0.6 is 0 Å². The third-order valence-electron chi connectivity index (χ3n) is 2.74. The summed E-state index contributed by atoms with van der Waals surface area (Å²) in [5.74, 6) is 1.51. The van der Waals surface area contributed by atoms with Crippen LogP contribution in [-0.4, -0.2) is 7.11 Å². The summed E-state index contributed by atoms with van der Waals surface area (Å²) in [4.78, 5) is 0. The van der Waals surface area contributed by atoms with Gasteiger partial charge >= 0.3 is 0 Å². The third kappa shape index (κ3) is 2.79. The molecular weight excluding hydrogens is 208 g/mol. The van der Waals surface area contributed by atoms with Gasteiger partial charge in [0.25, 0.3) is 0 Å². The van der Waals surface area contributed by atoms with Gasteiger partial charge in [-0.25, -0.2) is 0 Å². The molecule has 0 aliphatic carbocycles. The van der Waals surface area contributed by atoms with Gasteiger partial charge in [0.15, 0.2) is 0 Å². The lowest BCUT2D eigenvalue weighted by molar-refractivity contribution is 0.412. The van der Waals surface area contributed by atoms with Gasteiger partial charge in [0, 0.05) is 5.39 Å². The molecule has 2 aromatic carbocycles. The van der Waals surface area contributed by atoms with Crippen molar-refractivity contribution in [2.45, 2.75) is 33.6 Å². The van der Waals surface area contributed by atoms with Crippen molar-refractivity contribution in [3.05, 3.63) is 42.0 Å². The maximum absolute atomic E-state index is 5.52. The first-order valence-electron chi connectivity index (χ1n) is 6.29. The summed E-state index contributed by atoms with van der Waals surface area (Å²) in [5.41, 5.74) is 1.27. The summed E-state index contributed by atoms with van der Waals surface area (Å²) in [7, 11) is 1.74. The lowest BCUT2D eigenvalue weighted by atomic mass is 9.98. The highest BCUT2D eigenvalue weighted by Crippen LogP contribution is 2.33. The van der Waals surface area contributed by atoms with Gasteiger partial charge in [0.1, 0.15) is 5.75 Å². The lowest BCUT2D eigenvalue weighted by Gasteiger charge is -2.14. The monoisotopic (exact) mass is 230 g/mol. The van der Waals surface area contributed by atoms with Gasteiger partial charge in [0.05, 0.1) is 7.11 Å². The minimum absolute atomic E-state index is 0.490. The summed E-state index contributed by atoms with van der Waals surface area (Å²) < 4.78 is 5.52. The molecule has 0 fully saturated rings. The van der Waals surface area contributed by atoms with Crippen molar-refractivity contribution in [1.82, 2.24) is 0 Å². The van der Waals surface area contributed by atoms with Gasteiger partial charge in [-0.05, 0) is 16.9 Å². The van der Waals surface area contributed by atoms with Crippen molar-refractivity contribution in [2.75, 3.05) is 7.11 Å². The molecule has 0 amide bonds. The molecule has 0 aliphatic rings. The van der Waals surface area contributed by atoms with Gasteiger partial charge in [-0.15, -0.1) is 0 Å². The van der Waals surface area contributed by atoms with E-state index in [0.717, 1.165) is 5.75 Å². The first kappa shape index (κ1) is 13.6. The molecule has 0 saturated carbocycles. The van der Waals surface area contributed by atoms with Crippen LogP contribution in [0.4, 0.5) is 0 Å². The maximum Gasteiger partial charge on any atom is 0.130 e. The molecular formula is C16H22O. The van der Waals surface area contributed by atoms with E-state index in [1.807, 2.05) is 13.8 Å². The molecule has 0 heterocycles. The average Bonchev–Trinajstić information content (AvgIpc) is 2.39. The second-order valence-electron chi connectivity index (χ2n) is 4.06. The summed E-state index contributed by atoms with van der Waals surface area (Å²) >= 11 is 0. The normalized spacial score (nSPS) is 10.0. The second-order valence-corrected chi connectivity index (χ2v) is 4.06. The zero-order chi connectivity index (χ0) is 12.8. The highest BCUT2D eigenvalue weighted by atomic mass is 16.5. The maximum atomic E-state index is 5.52. The van der Waals surface area contributed by atoms with Crippen molar-refractivity contribution in [1.29, 1.82) is 0 Å². The fraction of sp³-hybridized carbons (Fsp3) is 0.375. The van der Waals surface area contributed by atoms with Crippen molar-refractivity contribution < 1.29 is 4.74 Å². The predicted octanol–water partition coefficient (Wildman–Crippen LogP) is 5.00. The first-order chi connectivity index (χ1) is 8.24. The Labute approximate surface area is 104 Å². The zero-order valence-corrected chi connectivity index (χ0v) is 11.4. The van der Waals surface area contributed by atoms with Crippen LogP contribution in [0.15, 0.2) is 36.4 Å². The van der Waals surface area contributed by atoms with E-state index in [1.165, 1.54) is 16.3 Å². The average molecular weight is 230 g/mol.